The summed E-state index contributed by atoms with van der Waals surface area (Å²) < 4.78 is 21.9. The molecule has 1 aliphatic rings. The van der Waals surface area contributed by atoms with E-state index in [1.165, 1.54) is 6.92 Å². The first-order valence-corrected chi connectivity index (χ1v) is 8.81. The van der Waals surface area contributed by atoms with Crippen molar-refractivity contribution in [2.45, 2.75) is 51.2 Å². The average molecular weight is 347 g/mol. The fourth-order valence-electron chi connectivity index (χ4n) is 2.66. The Labute approximate surface area is 145 Å². The van der Waals surface area contributed by atoms with Gasteiger partial charge in [0.1, 0.15) is 0 Å². The zero-order valence-electron chi connectivity index (χ0n) is 15.1. The summed E-state index contributed by atoms with van der Waals surface area (Å²) in [5.74, 6) is -0.0511. The molecule has 1 saturated carbocycles. The summed E-state index contributed by atoms with van der Waals surface area (Å²) in [6.45, 7) is 7.51. The van der Waals surface area contributed by atoms with Gasteiger partial charge in [0.15, 0.2) is 0 Å². The quantitative estimate of drug-likeness (QED) is 0.481. The van der Waals surface area contributed by atoms with Crippen LogP contribution in [0.3, 0.4) is 0 Å². The highest BCUT2D eigenvalue weighted by molar-refractivity contribution is 5.72. The van der Waals surface area contributed by atoms with Gasteiger partial charge < -0.3 is 29.4 Å². The predicted octanol–water partition coefficient (Wildman–Crippen LogP) is 0.883. The van der Waals surface area contributed by atoms with Crippen molar-refractivity contribution in [2.75, 3.05) is 52.8 Å². The molecular formula is C17H33NO6. The first-order valence-electron chi connectivity index (χ1n) is 8.81. The molecule has 0 bridgehead atoms. The Balaban J connectivity index is 1.78. The van der Waals surface area contributed by atoms with Crippen LogP contribution in [0.4, 0.5) is 0 Å². The topological polar surface area (TPSA) is 86.3 Å². The molecule has 24 heavy (non-hydrogen) atoms. The molecule has 7 heteroatoms. The molecule has 2 atom stereocenters. The third kappa shape index (κ3) is 11.8. The van der Waals surface area contributed by atoms with Crippen LogP contribution in [0.1, 0.15) is 39.5 Å². The first-order chi connectivity index (χ1) is 11.5. The van der Waals surface area contributed by atoms with Crippen molar-refractivity contribution in [1.29, 1.82) is 0 Å². The summed E-state index contributed by atoms with van der Waals surface area (Å²) in [4.78, 5) is 10.6. The summed E-state index contributed by atoms with van der Waals surface area (Å²) in [6, 6.07) is 0. The van der Waals surface area contributed by atoms with E-state index in [-0.39, 0.29) is 12.0 Å². The van der Waals surface area contributed by atoms with E-state index >= 15 is 0 Å². The number of carbonyl (C=O) groups excluding carboxylic acids is 1. The fraction of sp³-hybridized carbons (Fsp3) is 0.941. The SMILES string of the molecule is CC(=O)NCCOCCOCCOCCOC1CCCC(C)(O)C1. The summed E-state index contributed by atoms with van der Waals surface area (Å²) in [5, 5.41) is 12.7. The van der Waals surface area contributed by atoms with Gasteiger partial charge in [0, 0.05) is 19.9 Å². The van der Waals surface area contributed by atoms with Crippen LogP contribution in [0.2, 0.25) is 0 Å². The lowest BCUT2D eigenvalue weighted by molar-refractivity contribution is -0.119. The van der Waals surface area contributed by atoms with Crippen molar-refractivity contribution in [1.82, 2.24) is 5.32 Å². The van der Waals surface area contributed by atoms with Crippen molar-refractivity contribution in [3.63, 3.8) is 0 Å². The molecule has 0 spiro atoms. The average Bonchev–Trinajstić information content (AvgIpc) is 2.50. The number of amides is 1. The lowest BCUT2D eigenvalue weighted by Crippen LogP contribution is -2.36. The number of aliphatic hydroxyl groups is 1. The predicted molar refractivity (Wildman–Crippen MR) is 90.0 cm³/mol. The molecule has 1 aliphatic carbocycles. The van der Waals surface area contributed by atoms with Crippen molar-refractivity contribution in [3.05, 3.63) is 0 Å². The van der Waals surface area contributed by atoms with Gasteiger partial charge in [-0.2, -0.15) is 0 Å². The first kappa shape index (κ1) is 21.3. The monoisotopic (exact) mass is 347 g/mol. The molecule has 0 aromatic heterocycles. The maximum atomic E-state index is 10.6. The van der Waals surface area contributed by atoms with Crippen molar-refractivity contribution >= 4 is 5.91 Å². The minimum atomic E-state index is -0.582. The molecule has 0 aliphatic heterocycles. The van der Waals surface area contributed by atoms with Crippen LogP contribution in [0, 0.1) is 0 Å². The van der Waals surface area contributed by atoms with Gasteiger partial charge in [0.05, 0.1) is 58.0 Å². The molecule has 2 unspecified atom stereocenters. The van der Waals surface area contributed by atoms with Crippen LogP contribution in [0.15, 0.2) is 0 Å². The van der Waals surface area contributed by atoms with Gasteiger partial charge in [-0.15, -0.1) is 0 Å². The zero-order valence-corrected chi connectivity index (χ0v) is 15.1. The third-order valence-corrected chi connectivity index (χ3v) is 3.85. The van der Waals surface area contributed by atoms with Crippen molar-refractivity contribution < 1.29 is 28.8 Å². The van der Waals surface area contributed by atoms with E-state index in [0.29, 0.717) is 59.2 Å². The molecule has 0 aromatic carbocycles. The molecule has 1 fully saturated rings. The molecule has 1 amide bonds. The Kier molecular flexibility index (Phi) is 11.2. The van der Waals surface area contributed by atoms with E-state index in [2.05, 4.69) is 5.32 Å². The van der Waals surface area contributed by atoms with E-state index < -0.39 is 5.60 Å². The van der Waals surface area contributed by atoms with Gasteiger partial charge in [0.25, 0.3) is 0 Å². The minimum Gasteiger partial charge on any atom is -0.390 e. The molecule has 0 radical (unpaired) electrons. The van der Waals surface area contributed by atoms with Gasteiger partial charge in [-0.1, -0.05) is 0 Å². The lowest BCUT2D eigenvalue weighted by Gasteiger charge is -2.33. The molecule has 2 N–H and O–H groups in total. The molecular weight excluding hydrogens is 314 g/mol. The fourth-order valence-corrected chi connectivity index (χ4v) is 2.66. The highest BCUT2D eigenvalue weighted by Crippen LogP contribution is 2.29. The second-order valence-corrected chi connectivity index (χ2v) is 6.41. The second kappa shape index (κ2) is 12.6. The normalized spacial score (nSPS) is 24.0. The van der Waals surface area contributed by atoms with E-state index in [1.54, 1.807) is 0 Å². The molecule has 7 nitrogen and oxygen atoms in total. The van der Waals surface area contributed by atoms with Crippen LogP contribution < -0.4 is 5.32 Å². The molecule has 0 saturated heterocycles. The number of nitrogens with one attached hydrogen (secondary N) is 1. The van der Waals surface area contributed by atoms with Crippen molar-refractivity contribution in [2.24, 2.45) is 0 Å². The smallest absolute Gasteiger partial charge is 0.216 e. The van der Waals surface area contributed by atoms with Crippen LogP contribution in [0.25, 0.3) is 0 Å². The Morgan fingerprint density at radius 2 is 1.67 bits per heavy atom. The van der Waals surface area contributed by atoms with Gasteiger partial charge in [-0.25, -0.2) is 0 Å². The maximum Gasteiger partial charge on any atom is 0.216 e. The Morgan fingerprint density at radius 3 is 2.25 bits per heavy atom. The maximum absolute atomic E-state index is 10.6. The zero-order chi connectivity index (χ0) is 17.7. The number of hydrogen-bond donors (Lipinski definition) is 2. The van der Waals surface area contributed by atoms with Crippen LogP contribution >= 0.6 is 0 Å². The summed E-state index contributed by atoms with van der Waals surface area (Å²) >= 11 is 0. The number of ether oxygens (including phenoxy) is 4. The largest absolute Gasteiger partial charge is 0.390 e. The molecule has 0 aromatic rings. The minimum absolute atomic E-state index is 0.0511. The Bertz CT molecular complexity index is 337. The highest BCUT2D eigenvalue weighted by Gasteiger charge is 2.30. The Morgan fingerprint density at radius 1 is 1.08 bits per heavy atom. The number of rotatable bonds is 13. The summed E-state index contributed by atoms with van der Waals surface area (Å²) in [6.07, 6.45) is 3.74. The molecule has 1 rings (SSSR count). The standard InChI is InChI=1S/C17H33NO6/c1-15(19)18-6-7-21-8-9-22-10-11-23-12-13-24-16-4-3-5-17(2,20)14-16/h16,20H,3-14H2,1-2H3,(H,18,19). The van der Waals surface area contributed by atoms with Crippen molar-refractivity contribution in [3.8, 4) is 0 Å². The van der Waals surface area contributed by atoms with E-state index in [9.17, 15) is 9.90 Å². The number of carbonyl (C=O) groups is 1. The van der Waals surface area contributed by atoms with Gasteiger partial charge >= 0.3 is 0 Å². The third-order valence-electron chi connectivity index (χ3n) is 3.85. The molecule has 142 valence electrons. The van der Waals surface area contributed by atoms with Crippen LogP contribution in [-0.4, -0.2) is 75.5 Å². The van der Waals surface area contributed by atoms with Gasteiger partial charge in [-0.3, -0.25) is 4.79 Å². The number of hydrogen-bond acceptors (Lipinski definition) is 6. The lowest BCUT2D eigenvalue weighted by atomic mass is 9.85. The van der Waals surface area contributed by atoms with Crippen LogP contribution in [-0.2, 0) is 23.7 Å². The van der Waals surface area contributed by atoms with Gasteiger partial charge in [-0.05, 0) is 26.2 Å². The highest BCUT2D eigenvalue weighted by atomic mass is 16.6. The van der Waals surface area contributed by atoms with Gasteiger partial charge in [0.2, 0.25) is 5.91 Å². The van der Waals surface area contributed by atoms with E-state index in [1.807, 2.05) is 6.92 Å². The Hall–Kier alpha value is -0.730. The summed E-state index contributed by atoms with van der Waals surface area (Å²) in [5.41, 5.74) is -0.582. The molecule has 0 heterocycles. The summed E-state index contributed by atoms with van der Waals surface area (Å²) in [7, 11) is 0. The van der Waals surface area contributed by atoms with E-state index in [0.717, 1.165) is 19.3 Å². The van der Waals surface area contributed by atoms with Crippen LogP contribution in [0.5, 0.6) is 0 Å². The van der Waals surface area contributed by atoms with E-state index in [4.69, 9.17) is 18.9 Å². The second-order valence-electron chi connectivity index (χ2n) is 6.41.